The van der Waals surface area contributed by atoms with E-state index in [0.717, 1.165) is 10.9 Å². The normalized spacial score (nSPS) is 17.0. The van der Waals surface area contributed by atoms with Crippen LogP contribution in [0.15, 0.2) is 53.4 Å². The molecule has 1 aliphatic rings. The first kappa shape index (κ1) is 24.4. The first-order valence-corrected chi connectivity index (χ1v) is 12.9. The number of aromatic nitrogens is 2. The number of piperazine rings is 1. The van der Waals surface area contributed by atoms with Gasteiger partial charge in [0.15, 0.2) is 0 Å². The van der Waals surface area contributed by atoms with Gasteiger partial charge >= 0.3 is 0 Å². The molecular weight excluding hydrogens is 452 g/mol. The largest absolute Gasteiger partial charge is 0.497 e. The van der Waals surface area contributed by atoms with Crippen LogP contribution in [0.5, 0.6) is 11.6 Å². The van der Waals surface area contributed by atoms with Crippen molar-refractivity contribution in [3.63, 3.8) is 0 Å². The highest BCUT2D eigenvalue weighted by Crippen LogP contribution is 2.30. The highest BCUT2D eigenvalue weighted by molar-refractivity contribution is 7.89. The van der Waals surface area contributed by atoms with Crippen LogP contribution in [0.3, 0.4) is 0 Å². The summed E-state index contributed by atoms with van der Waals surface area (Å²) in [5.41, 5.74) is 0.443. The summed E-state index contributed by atoms with van der Waals surface area (Å²) in [7, 11) is -2.00. The predicted octanol–water partition coefficient (Wildman–Crippen LogP) is 3.88. The fourth-order valence-electron chi connectivity index (χ4n) is 4.01. The molecule has 0 spiro atoms. The molecule has 9 heteroatoms. The molecule has 182 valence electrons. The summed E-state index contributed by atoms with van der Waals surface area (Å²) < 4.78 is 39.0. The van der Waals surface area contributed by atoms with Gasteiger partial charge in [-0.2, -0.15) is 9.29 Å². The standard InChI is InChI=1S/C25H32N4O4S/c1-18(23-26-22-9-7-6-8-21(22)24(27-23)33-25(2,3)4)28-14-16-29(17-15-28)34(30,31)20-12-10-19(32-5)11-13-20/h6-13,18H,14-17H2,1-5H3. The molecule has 1 saturated heterocycles. The third-order valence-electron chi connectivity index (χ3n) is 5.88. The lowest BCUT2D eigenvalue weighted by Gasteiger charge is -2.37. The Morgan fingerprint density at radius 2 is 1.59 bits per heavy atom. The minimum absolute atomic E-state index is 0.0854. The lowest BCUT2D eigenvalue weighted by atomic mass is 10.1. The molecule has 0 amide bonds. The van der Waals surface area contributed by atoms with Crippen LogP contribution in [0.2, 0.25) is 0 Å². The van der Waals surface area contributed by atoms with Crippen molar-refractivity contribution in [3.8, 4) is 11.6 Å². The van der Waals surface area contributed by atoms with Gasteiger partial charge < -0.3 is 9.47 Å². The Hall–Kier alpha value is -2.75. The van der Waals surface area contributed by atoms with Gasteiger partial charge in [0.2, 0.25) is 15.9 Å². The van der Waals surface area contributed by atoms with E-state index in [4.69, 9.17) is 19.4 Å². The quantitative estimate of drug-likeness (QED) is 0.525. The fourth-order valence-corrected chi connectivity index (χ4v) is 5.43. The molecule has 1 aliphatic heterocycles. The van der Waals surface area contributed by atoms with Crippen molar-refractivity contribution in [2.75, 3.05) is 33.3 Å². The smallest absolute Gasteiger partial charge is 0.243 e. The zero-order chi connectivity index (χ0) is 24.5. The van der Waals surface area contributed by atoms with Crippen LogP contribution < -0.4 is 9.47 Å². The summed E-state index contributed by atoms with van der Waals surface area (Å²) in [4.78, 5) is 12.1. The highest BCUT2D eigenvalue weighted by atomic mass is 32.2. The van der Waals surface area contributed by atoms with E-state index in [2.05, 4.69) is 11.8 Å². The molecule has 34 heavy (non-hydrogen) atoms. The molecule has 0 radical (unpaired) electrons. The van der Waals surface area contributed by atoms with E-state index in [9.17, 15) is 8.42 Å². The van der Waals surface area contributed by atoms with Gasteiger partial charge in [0.25, 0.3) is 0 Å². The van der Waals surface area contributed by atoms with Gasteiger partial charge in [-0.05, 0) is 64.1 Å². The van der Waals surface area contributed by atoms with Crippen molar-refractivity contribution < 1.29 is 17.9 Å². The Balaban J connectivity index is 1.51. The molecule has 3 aromatic rings. The van der Waals surface area contributed by atoms with E-state index >= 15 is 0 Å². The number of rotatable bonds is 6. The Morgan fingerprint density at radius 1 is 0.941 bits per heavy atom. The van der Waals surface area contributed by atoms with Crippen molar-refractivity contribution in [3.05, 3.63) is 54.4 Å². The average molecular weight is 485 g/mol. The van der Waals surface area contributed by atoms with Gasteiger partial charge in [-0.25, -0.2) is 13.4 Å². The first-order chi connectivity index (χ1) is 16.1. The molecule has 2 heterocycles. The molecule has 0 saturated carbocycles. The summed E-state index contributed by atoms with van der Waals surface area (Å²) in [5, 5.41) is 0.878. The zero-order valence-electron chi connectivity index (χ0n) is 20.4. The van der Waals surface area contributed by atoms with E-state index in [1.807, 2.05) is 45.0 Å². The molecular formula is C25H32N4O4S. The van der Waals surface area contributed by atoms with Crippen LogP contribution in [0.1, 0.15) is 39.6 Å². The average Bonchev–Trinajstić information content (AvgIpc) is 2.82. The maximum atomic E-state index is 13.1. The van der Waals surface area contributed by atoms with Gasteiger partial charge in [-0.3, -0.25) is 4.90 Å². The maximum absolute atomic E-state index is 13.1. The van der Waals surface area contributed by atoms with Crippen LogP contribution >= 0.6 is 0 Å². The van der Waals surface area contributed by atoms with Crippen LogP contribution in [0, 0.1) is 0 Å². The van der Waals surface area contributed by atoms with Crippen molar-refractivity contribution in [1.29, 1.82) is 0 Å². The van der Waals surface area contributed by atoms with Crippen molar-refractivity contribution in [2.45, 2.75) is 44.2 Å². The van der Waals surface area contributed by atoms with Crippen LogP contribution in [0.25, 0.3) is 10.9 Å². The fraction of sp³-hybridized carbons (Fsp3) is 0.440. The minimum atomic E-state index is -3.56. The number of benzene rings is 2. The Bertz CT molecular complexity index is 1250. The number of fused-ring (bicyclic) bond motifs is 1. The molecule has 0 N–H and O–H groups in total. The SMILES string of the molecule is COc1ccc(S(=O)(=O)N2CCN(C(C)c3nc(OC(C)(C)C)c4ccccc4n3)CC2)cc1. The first-order valence-electron chi connectivity index (χ1n) is 11.4. The molecule has 1 fully saturated rings. The van der Waals surface area contributed by atoms with Crippen LogP contribution in [-0.2, 0) is 10.0 Å². The molecule has 1 unspecified atom stereocenters. The van der Waals surface area contributed by atoms with Crippen LogP contribution in [-0.4, -0.2) is 66.5 Å². The molecule has 2 aromatic carbocycles. The van der Waals surface area contributed by atoms with E-state index in [0.29, 0.717) is 43.6 Å². The third kappa shape index (κ3) is 5.16. The Labute approximate surface area is 201 Å². The van der Waals surface area contributed by atoms with E-state index in [-0.39, 0.29) is 16.5 Å². The number of nitrogens with zero attached hydrogens (tertiary/aromatic N) is 4. The Morgan fingerprint density at radius 3 is 2.21 bits per heavy atom. The van der Waals surface area contributed by atoms with Gasteiger partial charge in [0.05, 0.1) is 29.0 Å². The topological polar surface area (TPSA) is 84.9 Å². The van der Waals surface area contributed by atoms with Crippen molar-refractivity contribution >= 4 is 20.9 Å². The van der Waals surface area contributed by atoms with E-state index < -0.39 is 10.0 Å². The molecule has 8 nitrogen and oxygen atoms in total. The summed E-state index contributed by atoms with van der Waals surface area (Å²) in [6.07, 6.45) is 0. The van der Waals surface area contributed by atoms with E-state index in [1.54, 1.807) is 31.4 Å². The van der Waals surface area contributed by atoms with Gasteiger partial charge in [-0.1, -0.05) is 12.1 Å². The number of hydrogen-bond acceptors (Lipinski definition) is 7. The second kappa shape index (κ2) is 9.48. The number of hydrogen-bond donors (Lipinski definition) is 0. The molecule has 1 aromatic heterocycles. The van der Waals surface area contributed by atoms with E-state index in [1.165, 1.54) is 4.31 Å². The van der Waals surface area contributed by atoms with Crippen molar-refractivity contribution in [1.82, 2.24) is 19.2 Å². The summed E-state index contributed by atoms with van der Waals surface area (Å²) in [6.45, 7) is 10.0. The number of sulfonamides is 1. The highest BCUT2D eigenvalue weighted by Gasteiger charge is 2.31. The number of methoxy groups -OCH3 is 1. The minimum Gasteiger partial charge on any atom is -0.497 e. The van der Waals surface area contributed by atoms with Gasteiger partial charge in [-0.15, -0.1) is 0 Å². The lowest BCUT2D eigenvalue weighted by molar-refractivity contribution is 0.121. The lowest BCUT2D eigenvalue weighted by Crippen LogP contribution is -2.49. The molecule has 1 atom stereocenters. The third-order valence-corrected chi connectivity index (χ3v) is 7.79. The Kier molecular flexibility index (Phi) is 6.80. The van der Waals surface area contributed by atoms with Crippen molar-refractivity contribution in [2.24, 2.45) is 0 Å². The molecule has 0 aliphatic carbocycles. The second-order valence-electron chi connectivity index (χ2n) is 9.41. The monoisotopic (exact) mass is 484 g/mol. The van der Waals surface area contributed by atoms with Gasteiger partial charge in [0.1, 0.15) is 17.2 Å². The predicted molar refractivity (Wildman–Crippen MR) is 132 cm³/mol. The number of ether oxygens (including phenoxy) is 2. The molecule has 4 rings (SSSR count). The van der Waals surface area contributed by atoms with Crippen LogP contribution in [0.4, 0.5) is 0 Å². The second-order valence-corrected chi connectivity index (χ2v) is 11.3. The zero-order valence-corrected chi connectivity index (χ0v) is 21.2. The number of para-hydroxylation sites is 1. The molecule has 0 bridgehead atoms. The summed E-state index contributed by atoms with van der Waals surface area (Å²) in [6, 6.07) is 14.2. The van der Waals surface area contributed by atoms with Gasteiger partial charge in [0, 0.05) is 26.2 Å². The summed E-state index contributed by atoms with van der Waals surface area (Å²) >= 11 is 0. The summed E-state index contributed by atoms with van der Waals surface area (Å²) in [5.74, 6) is 1.87. The maximum Gasteiger partial charge on any atom is 0.243 e.